The number of hydrogen-bond donors (Lipinski definition) is 0. The summed E-state index contributed by atoms with van der Waals surface area (Å²) in [6, 6.07) is 16.4. The molecule has 1 aliphatic heterocycles. The fraction of sp³-hybridized carbons (Fsp3) is 0.267. The van der Waals surface area contributed by atoms with E-state index in [-0.39, 0.29) is 27.7 Å². The van der Waals surface area contributed by atoms with Crippen LogP contribution in [0.15, 0.2) is 71.5 Å². The predicted octanol–water partition coefficient (Wildman–Crippen LogP) is 6.39. The van der Waals surface area contributed by atoms with Gasteiger partial charge in [-0.05, 0) is 72.4 Å². The largest absolute Gasteiger partial charge is 0.497 e. The molecule has 0 N–H and O–H groups in total. The number of hydrogen-bond acceptors (Lipinski definition) is 7. The molecule has 1 saturated carbocycles. The summed E-state index contributed by atoms with van der Waals surface area (Å²) >= 11 is 11.8. The number of ether oxygens (including phenoxy) is 3. The highest BCUT2D eigenvalue weighted by atomic mass is 35.5. The van der Waals surface area contributed by atoms with Crippen molar-refractivity contribution in [2.75, 3.05) is 20.8 Å². The predicted molar refractivity (Wildman–Crippen MR) is 153 cm³/mol. The lowest BCUT2D eigenvalue weighted by atomic mass is 9.77. The molecular weight excluding hydrogens is 553 g/mol. The Morgan fingerprint density at radius 3 is 2.35 bits per heavy atom. The minimum atomic E-state index is -0.732. The average Bonchev–Trinajstić information content (AvgIpc) is 3.38. The molecule has 10 heteroatoms. The topological polar surface area (TPSA) is 90.3 Å². The van der Waals surface area contributed by atoms with E-state index in [1.54, 1.807) is 14.2 Å². The molecule has 0 saturated heterocycles. The molecule has 1 aliphatic carbocycles. The van der Waals surface area contributed by atoms with Gasteiger partial charge in [0.2, 0.25) is 0 Å². The van der Waals surface area contributed by atoms with Crippen LogP contribution in [0, 0.1) is 5.92 Å². The van der Waals surface area contributed by atoms with Crippen LogP contribution in [0.2, 0.25) is 10.2 Å². The number of rotatable bonds is 7. The van der Waals surface area contributed by atoms with Crippen LogP contribution in [0.3, 0.4) is 0 Å². The van der Waals surface area contributed by atoms with E-state index in [1.807, 2.05) is 48.5 Å². The van der Waals surface area contributed by atoms with Gasteiger partial charge in [-0.1, -0.05) is 47.5 Å². The summed E-state index contributed by atoms with van der Waals surface area (Å²) in [5.74, 6) is 0.321. The second kappa shape index (κ2) is 12.1. The van der Waals surface area contributed by atoms with Crippen LogP contribution >= 0.6 is 23.2 Å². The lowest BCUT2D eigenvalue weighted by molar-refractivity contribution is -0.137. The van der Waals surface area contributed by atoms with E-state index in [4.69, 9.17) is 42.5 Å². The second-order valence-corrected chi connectivity index (χ2v) is 10.2. The Balaban J connectivity index is 1.43. The highest BCUT2D eigenvalue weighted by Crippen LogP contribution is 2.44. The molecule has 2 unspecified atom stereocenters. The number of allylic oxidation sites excluding steroid dienone is 1. The maximum absolute atomic E-state index is 13.5. The van der Waals surface area contributed by atoms with Gasteiger partial charge in [0.15, 0.2) is 6.61 Å². The molecule has 8 nitrogen and oxygen atoms in total. The van der Waals surface area contributed by atoms with Crippen molar-refractivity contribution in [3.05, 3.63) is 93.2 Å². The SMILES string of the molecule is COc1ccc(C=C2CCCC3C2=NN(C(=O)COC(=O)c2cnc(Cl)c(Cl)c2)C3c2ccc(OC)cc2)cc1. The maximum atomic E-state index is 13.5. The first-order valence-electron chi connectivity index (χ1n) is 12.8. The number of halogens is 2. The zero-order valence-electron chi connectivity index (χ0n) is 22.0. The molecule has 5 rings (SSSR count). The second-order valence-electron chi connectivity index (χ2n) is 9.46. The molecule has 0 radical (unpaired) electrons. The van der Waals surface area contributed by atoms with Crippen molar-refractivity contribution in [2.45, 2.75) is 25.3 Å². The van der Waals surface area contributed by atoms with Gasteiger partial charge in [-0.25, -0.2) is 14.8 Å². The van der Waals surface area contributed by atoms with Crippen LogP contribution in [0.25, 0.3) is 6.08 Å². The number of hydrazone groups is 1. The Bertz CT molecular complexity index is 1470. The normalized spacial score (nSPS) is 19.1. The first kappa shape index (κ1) is 27.7. The zero-order valence-corrected chi connectivity index (χ0v) is 23.5. The van der Waals surface area contributed by atoms with E-state index in [1.165, 1.54) is 17.3 Å². The van der Waals surface area contributed by atoms with Gasteiger partial charge < -0.3 is 14.2 Å². The molecule has 2 aliphatic rings. The third-order valence-corrected chi connectivity index (χ3v) is 7.72. The third kappa shape index (κ3) is 5.83. The molecule has 0 spiro atoms. The fourth-order valence-electron chi connectivity index (χ4n) is 5.05. The summed E-state index contributed by atoms with van der Waals surface area (Å²) in [5, 5.41) is 6.48. The van der Waals surface area contributed by atoms with Crippen molar-refractivity contribution in [3.8, 4) is 11.5 Å². The summed E-state index contributed by atoms with van der Waals surface area (Å²) in [5.41, 5.74) is 3.99. The number of pyridine rings is 1. The van der Waals surface area contributed by atoms with Gasteiger partial charge in [-0.15, -0.1) is 0 Å². The highest BCUT2D eigenvalue weighted by Gasteiger charge is 2.43. The number of esters is 1. The van der Waals surface area contributed by atoms with Crippen molar-refractivity contribution in [1.82, 2.24) is 9.99 Å². The monoisotopic (exact) mass is 579 g/mol. The molecular formula is C30H27Cl2N3O5. The van der Waals surface area contributed by atoms with E-state index < -0.39 is 18.5 Å². The Hall–Kier alpha value is -3.88. The Morgan fingerprint density at radius 2 is 1.70 bits per heavy atom. The van der Waals surface area contributed by atoms with Crippen LogP contribution in [-0.4, -0.2) is 48.4 Å². The minimum Gasteiger partial charge on any atom is -0.497 e. The Labute approximate surface area is 242 Å². The summed E-state index contributed by atoms with van der Waals surface area (Å²) in [6.07, 6.45) is 6.04. The van der Waals surface area contributed by atoms with Gasteiger partial charge in [-0.3, -0.25) is 4.79 Å². The molecule has 206 valence electrons. The molecule has 2 aromatic carbocycles. The number of fused-ring (bicyclic) bond motifs is 1. The van der Waals surface area contributed by atoms with Crippen LogP contribution in [0.1, 0.15) is 46.8 Å². The Kier molecular flexibility index (Phi) is 8.38. The van der Waals surface area contributed by atoms with Gasteiger partial charge in [0.25, 0.3) is 5.91 Å². The van der Waals surface area contributed by atoms with Crippen LogP contribution in [0.4, 0.5) is 0 Å². The van der Waals surface area contributed by atoms with Crippen molar-refractivity contribution in [3.63, 3.8) is 0 Å². The fourth-order valence-corrected chi connectivity index (χ4v) is 5.32. The molecule has 3 aromatic rings. The number of benzene rings is 2. The lowest BCUT2D eigenvalue weighted by Crippen LogP contribution is -2.34. The summed E-state index contributed by atoms with van der Waals surface area (Å²) in [7, 11) is 3.24. The van der Waals surface area contributed by atoms with Gasteiger partial charge >= 0.3 is 5.97 Å². The van der Waals surface area contributed by atoms with Crippen LogP contribution in [-0.2, 0) is 9.53 Å². The lowest BCUT2D eigenvalue weighted by Gasteiger charge is -2.29. The van der Waals surface area contributed by atoms with Crippen molar-refractivity contribution in [1.29, 1.82) is 0 Å². The van der Waals surface area contributed by atoms with E-state index in [0.29, 0.717) is 5.75 Å². The number of carbonyl (C=O) groups is 2. The highest BCUT2D eigenvalue weighted by molar-refractivity contribution is 6.41. The van der Waals surface area contributed by atoms with Gasteiger partial charge in [0.1, 0.15) is 16.7 Å². The molecule has 40 heavy (non-hydrogen) atoms. The van der Waals surface area contributed by atoms with Gasteiger partial charge in [-0.2, -0.15) is 5.10 Å². The van der Waals surface area contributed by atoms with Crippen LogP contribution in [0.5, 0.6) is 11.5 Å². The zero-order chi connectivity index (χ0) is 28.2. The van der Waals surface area contributed by atoms with Crippen molar-refractivity contribution in [2.24, 2.45) is 11.0 Å². The minimum absolute atomic E-state index is 0.00873. The van der Waals surface area contributed by atoms with Crippen molar-refractivity contribution < 1.29 is 23.8 Å². The first-order valence-corrected chi connectivity index (χ1v) is 13.5. The summed E-state index contributed by atoms with van der Waals surface area (Å²) in [4.78, 5) is 30.0. The summed E-state index contributed by atoms with van der Waals surface area (Å²) in [6.45, 7) is -0.493. The first-order chi connectivity index (χ1) is 19.4. The third-order valence-electron chi connectivity index (χ3n) is 7.03. The molecule has 1 amide bonds. The van der Waals surface area contributed by atoms with E-state index >= 15 is 0 Å². The molecule has 1 aromatic heterocycles. The smallest absolute Gasteiger partial charge is 0.340 e. The van der Waals surface area contributed by atoms with Crippen molar-refractivity contribution >= 4 is 46.9 Å². The number of nitrogens with zero attached hydrogens (tertiary/aromatic N) is 3. The Morgan fingerprint density at radius 1 is 1.02 bits per heavy atom. The maximum Gasteiger partial charge on any atom is 0.340 e. The molecule has 2 heterocycles. The molecule has 0 bridgehead atoms. The number of carbonyl (C=O) groups excluding carboxylic acids is 2. The van der Waals surface area contributed by atoms with E-state index in [9.17, 15) is 9.59 Å². The standard InChI is InChI=1S/C30H27Cl2N3O5/c1-38-22-10-6-18(7-11-22)14-20-4-3-5-24-27(20)34-35(28(24)19-8-12-23(39-2)13-9-19)26(36)17-40-30(37)21-15-25(31)29(32)33-16-21/h6-16,24,28H,3-5,17H2,1-2H3. The van der Waals surface area contributed by atoms with E-state index in [2.05, 4.69) is 11.1 Å². The van der Waals surface area contributed by atoms with Crippen LogP contribution < -0.4 is 9.47 Å². The number of amides is 1. The number of methoxy groups -OCH3 is 2. The summed E-state index contributed by atoms with van der Waals surface area (Å²) < 4.78 is 15.9. The van der Waals surface area contributed by atoms with Gasteiger partial charge in [0.05, 0.1) is 36.6 Å². The van der Waals surface area contributed by atoms with E-state index in [0.717, 1.165) is 47.4 Å². The molecule has 2 atom stereocenters. The number of aromatic nitrogens is 1. The van der Waals surface area contributed by atoms with Gasteiger partial charge in [0, 0.05) is 12.1 Å². The quantitative estimate of drug-likeness (QED) is 0.238. The molecule has 1 fully saturated rings. The average molecular weight is 580 g/mol.